The van der Waals surface area contributed by atoms with Gasteiger partial charge in [0.25, 0.3) is 0 Å². The van der Waals surface area contributed by atoms with Gasteiger partial charge < -0.3 is 10.1 Å². The molecule has 0 aliphatic heterocycles. The molecule has 0 bridgehead atoms. The first-order chi connectivity index (χ1) is 8.69. The standard InChI is InChI=1S/C11H11BrFN3OS/c1-2-14-11-16-15-10(18-11)6-17-9-5-7(13)3-4-8(9)12/h3-5H,2,6H2,1H3,(H,14,16). The van der Waals surface area contributed by atoms with Crippen molar-refractivity contribution in [3.05, 3.63) is 33.5 Å². The fraction of sp³-hybridized carbons (Fsp3) is 0.273. The van der Waals surface area contributed by atoms with E-state index in [0.29, 0.717) is 10.2 Å². The quantitative estimate of drug-likeness (QED) is 0.911. The Morgan fingerprint density at radius 1 is 1.44 bits per heavy atom. The summed E-state index contributed by atoms with van der Waals surface area (Å²) >= 11 is 4.72. The number of hydrogen-bond donors (Lipinski definition) is 1. The molecule has 0 aliphatic carbocycles. The van der Waals surface area contributed by atoms with Crippen LogP contribution in [-0.2, 0) is 6.61 Å². The third-order valence-corrected chi connectivity index (χ3v) is 3.55. The molecule has 2 aromatic rings. The van der Waals surface area contributed by atoms with E-state index in [1.165, 1.54) is 23.5 Å². The summed E-state index contributed by atoms with van der Waals surface area (Å²) in [5, 5.41) is 12.5. The molecule has 1 heterocycles. The van der Waals surface area contributed by atoms with Crippen molar-refractivity contribution in [1.82, 2.24) is 10.2 Å². The Labute approximate surface area is 116 Å². The molecule has 0 spiro atoms. The molecule has 0 fully saturated rings. The van der Waals surface area contributed by atoms with E-state index in [4.69, 9.17) is 4.74 Å². The lowest BCUT2D eigenvalue weighted by Crippen LogP contribution is -1.96. The summed E-state index contributed by atoms with van der Waals surface area (Å²) in [4.78, 5) is 0. The number of nitrogens with one attached hydrogen (secondary N) is 1. The number of rotatable bonds is 5. The zero-order valence-electron chi connectivity index (χ0n) is 9.61. The molecule has 0 amide bonds. The van der Waals surface area contributed by atoms with Crippen LogP contribution in [0.2, 0.25) is 0 Å². The van der Waals surface area contributed by atoms with Crippen LogP contribution in [0.1, 0.15) is 11.9 Å². The van der Waals surface area contributed by atoms with Crippen molar-refractivity contribution >= 4 is 32.4 Å². The van der Waals surface area contributed by atoms with E-state index in [0.717, 1.165) is 16.7 Å². The molecule has 0 radical (unpaired) electrons. The van der Waals surface area contributed by atoms with Crippen molar-refractivity contribution in [2.24, 2.45) is 0 Å². The number of aromatic nitrogens is 2. The van der Waals surface area contributed by atoms with E-state index in [1.807, 2.05) is 6.92 Å². The number of anilines is 1. The molecule has 7 heteroatoms. The highest BCUT2D eigenvalue weighted by atomic mass is 79.9. The maximum absolute atomic E-state index is 13.0. The van der Waals surface area contributed by atoms with Crippen molar-refractivity contribution in [2.45, 2.75) is 13.5 Å². The van der Waals surface area contributed by atoms with E-state index >= 15 is 0 Å². The van der Waals surface area contributed by atoms with Gasteiger partial charge in [-0.05, 0) is 35.0 Å². The lowest BCUT2D eigenvalue weighted by Gasteiger charge is -2.05. The van der Waals surface area contributed by atoms with Gasteiger partial charge in [0.1, 0.15) is 18.2 Å². The molecule has 1 aromatic heterocycles. The van der Waals surface area contributed by atoms with Crippen LogP contribution in [0.5, 0.6) is 5.75 Å². The molecule has 18 heavy (non-hydrogen) atoms. The highest BCUT2D eigenvalue weighted by Crippen LogP contribution is 2.27. The van der Waals surface area contributed by atoms with Gasteiger partial charge in [-0.1, -0.05) is 11.3 Å². The largest absolute Gasteiger partial charge is 0.485 e. The van der Waals surface area contributed by atoms with Gasteiger partial charge in [-0.15, -0.1) is 10.2 Å². The van der Waals surface area contributed by atoms with Crippen LogP contribution in [0.15, 0.2) is 22.7 Å². The normalized spacial score (nSPS) is 10.4. The van der Waals surface area contributed by atoms with E-state index in [1.54, 1.807) is 6.07 Å². The summed E-state index contributed by atoms with van der Waals surface area (Å²) in [6.45, 7) is 3.05. The Morgan fingerprint density at radius 3 is 3.06 bits per heavy atom. The second-order valence-electron chi connectivity index (χ2n) is 3.39. The predicted octanol–water partition coefficient (Wildman–Crippen LogP) is 3.45. The lowest BCUT2D eigenvalue weighted by molar-refractivity contribution is 0.301. The van der Waals surface area contributed by atoms with Crippen molar-refractivity contribution in [2.75, 3.05) is 11.9 Å². The van der Waals surface area contributed by atoms with Gasteiger partial charge in [0, 0.05) is 12.6 Å². The van der Waals surface area contributed by atoms with Gasteiger partial charge in [-0.3, -0.25) is 0 Å². The maximum atomic E-state index is 13.0. The SMILES string of the molecule is CCNc1nnc(COc2cc(F)ccc2Br)s1. The summed E-state index contributed by atoms with van der Waals surface area (Å²) < 4.78 is 19.2. The fourth-order valence-electron chi connectivity index (χ4n) is 1.26. The van der Waals surface area contributed by atoms with Crippen LogP contribution in [0.25, 0.3) is 0 Å². The first kappa shape index (κ1) is 13.2. The summed E-state index contributed by atoms with van der Waals surface area (Å²) in [6, 6.07) is 4.30. The molecule has 4 nitrogen and oxygen atoms in total. The fourth-order valence-corrected chi connectivity index (χ4v) is 2.34. The Bertz CT molecular complexity index is 535. The minimum atomic E-state index is -0.334. The van der Waals surface area contributed by atoms with Gasteiger partial charge in [-0.2, -0.15) is 0 Å². The number of halogens is 2. The Hall–Kier alpha value is -1.21. The van der Waals surface area contributed by atoms with E-state index in [2.05, 4.69) is 31.4 Å². The van der Waals surface area contributed by atoms with Crippen LogP contribution in [0.3, 0.4) is 0 Å². The molecule has 2 rings (SSSR count). The molecule has 1 N–H and O–H groups in total. The number of hydrogen-bond acceptors (Lipinski definition) is 5. The second-order valence-corrected chi connectivity index (χ2v) is 5.31. The molecular formula is C11H11BrFN3OS. The van der Waals surface area contributed by atoms with Crippen molar-refractivity contribution in [3.63, 3.8) is 0 Å². The van der Waals surface area contributed by atoms with Gasteiger partial charge in [0.2, 0.25) is 5.13 Å². The molecule has 0 unspecified atom stereocenters. The zero-order chi connectivity index (χ0) is 13.0. The summed E-state index contributed by atoms with van der Waals surface area (Å²) in [5.41, 5.74) is 0. The third kappa shape index (κ3) is 3.39. The molecule has 0 saturated heterocycles. The highest BCUT2D eigenvalue weighted by Gasteiger charge is 2.07. The van der Waals surface area contributed by atoms with Crippen LogP contribution in [0.4, 0.5) is 9.52 Å². The summed E-state index contributed by atoms with van der Waals surface area (Å²) in [5.74, 6) is 0.119. The van der Waals surface area contributed by atoms with Gasteiger partial charge in [-0.25, -0.2) is 4.39 Å². The number of ether oxygens (including phenoxy) is 1. The predicted molar refractivity (Wildman–Crippen MR) is 72.5 cm³/mol. The van der Waals surface area contributed by atoms with Crippen LogP contribution in [0, 0.1) is 5.82 Å². The van der Waals surface area contributed by atoms with E-state index < -0.39 is 0 Å². The monoisotopic (exact) mass is 331 g/mol. The number of nitrogens with zero attached hydrogens (tertiary/aromatic N) is 2. The van der Waals surface area contributed by atoms with Crippen LogP contribution in [-0.4, -0.2) is 16.7 Å². The van der Waals surface area contributed by atoms with E-state index in [-0.39, 0.29) is 12.4 Å². The summed E-state index contributed by atoms with van der Waals surface area (Å²) in [7, 11) is 0. The Morgan fingerprint density at radius 2 is 2.28 bits per heavy atom. The Balaban J connectivity index is 1.99. The van der Waals surface area contributed by atoms with Crippen molar-refractivity contribution in [3.8, 4) is 5.75 Å². The highest BCUT2D eigenvalue weighted by molar-refractivity contribution is 9.10. The summed E-state index contributed by atoms with van der Waals surface area (Å²) in [6.07, 6.45) is 0. The zero-order valence-corrected chi connectivity index (χ0v) is 12.0. The number of benzene rings is 1. The molecule has 0 saturated carbocycles. The van der Waals surface area contributed by atoms with Crippen molar-refractivity contribution in [1.29, 1.82) is 0 Å². The smallest absolute Gasteiger partial charge is 0.205 e. The minimum absolute atomic E-state index is 0.269. The minimum Gasteiger partial charge on any atom is -0.485 e. The average molecular weight is 332 g/mol. The van der Waals surface area contributed by atoms with Gasteiger partial charge in [0.05, 0.1) is 4.47 Å². The average Bonchev–Trinajstić information content (AvgIpc) is 2.79. The third-order valence-electron chi connectivity index (χ3n) is 2.04. The van der Waals surface area contributed by atoms with Crippen LogP contribution < -0.4 is 10.1 Å². The first-order valence-corrected chi connectivity index (χ1v) is 6.94. The molecule has 96 valence electrons. The maximum Gasteiger partial charge on any atom is 0.205 e. The molecule has 1 aromatic carbocycles. The molecule has 0 atom stereocenters. The van der Waals surface area contributed by atoms with Crippen molar-refractivity contribution < 1.29 is 9.13 Å². The Kier molecular flexibility index (Phi) is 4.48. The van der Waals surface area contributed by atoms with Gasteiger partial charge >= 0.3 is 0 Å². The van der Waals surface area contributed by atoms with E-state index in [9.17, 15) is 4.39 Å². The second kappa shape index (κ2) is 6.10. The molecular weight excluding hydrogens is 321 g/mol. The first-order valence-electron chi connectivity index (χ1n) is 5.33. The molecule has 0 aliphatic rings. The van der Waals surface area contributed by atoms with Crippen LogP contribution >= 0.6 is 27.3 Å². The topological polar surface area (TPSA) is 47.0 Å². The lowest BCUT2D eigenvalue weighted by atomic mass is 10.3. The van der Waals surface area contributed by atoms with Gasteiger partial charge in [0.15, 0.2) is 5.01 Å².